The number of carboxylic acid groups (broad SMARTS) is 1. The number of carbonyl (C=O) groups is 2. The Morgan fingerprint density at radius 2 is 2.00 bits per heavy atom. The standard InChI is InChI=1S/C15H26N2O4/c1-2-13-12(5-8-21-13)9-16-10-14(18)17-6-3-11(4-7-17)15(19)20/h11-13,16H,2-10H2,1H3,(H,19,20). The van der Waals surface area contributed by atoms with Crippen molar-refractivity contribution in [1.82, 2.24) is 10.2 Å². The summed E-state index contributed by atoms with van der Waals surface area (Å²) in [5.74, 6) is -0.457. The van der Waals surface area contributed by atoms with Gasteiger partial charge >= 0.3 is 5.97 Å². The van der Waals surface area contributed by atoms with E-state index in [1.165, 1.54) is 0 Å². The number of carboxylic acids is 1. The summed E-state index contributed by atoms with van der Waals surface area (Å²) in [6.45, 7) is 5.21. The molecular weight excluding hydrogens is 272 g/mol. The molecule has 2 aliphatic rings. The van der Waals surface area contributed by atoms with Crippen molar-refractivity contribution in [2.24, 2.45) is 11.8 Å². The van der Waals surface area contributed by atoms with Gasteiger partial charge in [-0.05, 0) is 31.6 Å². The Bertz CT molecular complexity index is 367. The number of ether oxygens (including phenoxy) is 1. The maximum absolute atomic E-state index is 12.1. The highest BCUT2D eigenvalue weighted by molar-refractivity contribution is 5.78. The number of nitrogens with zero attached hydrogens (tertiary/aromatic N) is 1. The zero-order chi connectivity index (χ0) is 15.2. The van der Waals surface area contributed by atoms with Gasteiger partial charge in [0.05, 0.1) is 18.6 Å². The molecule has 2 saturated heterocycles. The Labute approximate surface area is 125 Å². The lowest BCUT2D eigenvalue weighted by molar-refractivity contribution is -0.145. The van der Waals surface area contributed by atoms with Crippen molar-refractivity contribution in [3.63, 3.8) is 0 Å². The largest absolute Gasteiger partial charge is 0.481 e. The maximum atomic E-state index is 12.1. The van der Waals surface area contributed by atoms with Crippen LogP contribution in [0.15, 0.2) is 0 Å². The van der Waals surface area contributed by atoms with E-state index in [2.05, 4.69) is 12.2 Å². The highest BCUT2D eigenvalue weighted by Gasteiger charge is 2.28. The van der Waals surface area contributed by atoms with Crippen LogP contribution in [-0.2, 0) is 14.3 Å². The van der Waals surface area contributed by atoms with Crippen molar-refractivity contribution in [3.8, 4) is 0 Å². The molecule has 2 atom stereocenters. The van der Waals surface area contributed by atoms with Gasteiger partial charge in [0.25, 0.3) is 0 Å². The molecule has 6 nitrogen and oxygen atoms in total. The van der Waals surface area contributed by atoms with Crippen LogP contribution in [0.5, 0.6) is 0 Å². The first-order valence-electron chi connectivity index (χ1n) is 7.94. The third-order valence-corrected chi connectivity index (χ3v) is 4.63. The maximum Gasteiger partial charge on any atom is 0.306 e. The van der Waals surface area contributed by atoms with E-state index in [1.54, 1.807) is 4.90 Å². The predicted molar refractivity (Wildman–Crippen MR) is 77.9 cm³/mol. The second kappa shape index (κ2) is 7.75. The van der Waals surface area contributed by atoms with E-state index in [0.29, 0.717) is 44.5 Å². The highest BCUT2D eigenvalue weighted by atomic mass is 16.5. The summed E-state index contributed by atoms with van der Waals surface area (Å²) in [6, 6.07) is 0. The summed E-state index contributed by atoms with van der Waals surface area (Å²) >= 11 is 0. The summed E-state index contributed by atoms with van der Waals surface area (Å²) < 4.78 is 5.63. The first-order chi connectivity index (χ1) is 10.1. The van der Waals surface area contributed by atoms with Crippen molar-refractivity contribution in [1.29, 1.82) is 0 Å². The van der Waals surface area contributed by atoms with Crippen molar-refractivity contribution >= 4 is 11.9 Å². The predicted octanol–water partition coefficient (Wildman–Crippen LogP) is 0.714. The van der Waals surface area contributed by atoms with E-state index < -0.39 is 5.97 Å². The topological polar surface area (TPSA) is 78.9 Å². The fraction of sp³-hybridized carbons (Fsp3) is 0.867. The molecule has 0 saturated carbocycles. The van der Waals surface area contributed by atoms with Gasteiger partial charge in [-0.15, -0.1) is 0 Å². The molecule has 2 fully saturated rings. The third-order valence-electron chi connectivity index (χ3n) is 4.63. The number of rotatable bonds is 6. The summed E-state index contributed by atoms with van der Waals surface area (Å²) in [5, 5.41) is 12.2. The number of aliphatic carboxylic acids is 1. The number of carbonyl (C=O) groups excluding carboxylic acids is 1. The molecule has 0 bridgehead atoms. The average Bonchev–Trinajstić information content (AvgIpc) is 2.94. The fourth-order valence-corrected chi connectivity index (χ4v) is 3.23. The van der Waals surface area contributed by atoms with Gasteiger partial charge in [0.15, 0.2) is 0 Å². The van der Waals surface area contributed by atoms with Gasteiger partial charge in [0.2, 0.25) is 5.91 Å². The molecule has 2 rings (SSSR count). The number of amides is 1. The quantitative estimate of drug-likeness (QED) is 0.755. The Morgan fingerprint density at radius 1 is 1.29 bits per heavy atom. The van der Waals surface area contributed by atoms with Gasteiger partial charge in [-0.2, -0.15) is 0 Å². The van der Waals surface area contributed by atoms with Crippen LogP contribution in [0.3, 0.4) is 0 Å². The van der Waals surface area contributed by atoms with Crippen LogP contribution in [0.4, 0.5) is 0 Å². The van der Waals surface area contributed by atoms with Crippen LogP contribution in [-0.4, -0.2) is 60.8 Å². The molecule has 0 aromatic rings. The molecule has 0 aromatic heterocycles. The summed E-state index contributed by atoms with van der Waals surface area (Å²) in [5.41, 5.74) is 0. The molecule has 0 spiro atoms. The van der Waals surface area contributed by atoms with E-state index in [1.807, 2.05) is 0 Å². The van der Waals surface area contributed by atoms with Crippen molar-refractivity contribution in [3.05, 3.63) is 0 Å². The van der Waals surface area contributed by atoms with Gasteiger partial charge in [0, 0.05) is 26.2 Å². The zero-order valence-corrected chi connectivity index (χ0v) is 12.7. The smallest absolute Gasteiger partial charge is 0.306 e. The average molecular weight is 298 g/mol. The molecule has 0 aliphatic carbocycles. The highest BCUT2D eigenvalue weighted by Crippen LogP contribution is 2.22. The second-order valence-corrected chi connectivity index (χ2v) is 5.99. The number of likely N-dealkylation sites (tertiary alicyclic amines) is 1. The third kappa shape index (κ3) is 4.41. The van der Waals surface area contributed by atoms with Crippen LogP contribution in [0, 0.1) is 11.8 Å². The van der Waals surface area contributed by atoms with Crippen LogP contribution in [0.25, 0.3) is 0 Å². The summed E-state index contributed by atoms with van der Waals surface area (Å²) in [6.07, 6.45) is 3.52. The van der Waals surface area contributed by atoms with E-state index in [-0.39, 0.29) is 11.8 Å². The lowest BCUT2D eigenvalue weighted by Gasteiger charge is -2.30. The summed E-state index contributed by atoms with van der Waals surface area (Å²) in [7, 11) is 0. The Hall–Kier alpha value is -1.14. The molecule has 2 aliphatic heterocycles. The fourth-order valence-electron chi connectivity index (χ4n) is 3.23. The first-order valence-corrected chi connectivity index (χ1v) is 7.94. The van der Waals surface area contributed by atoms with Gasteiger partial charge in [-0.3, -0.25) is 9.59 Å². The van der Waals surface area contributed by atoms with Gasteiger partial charge < -0.3 is 20.1 Å². The van der Waals surface area contributed by atoms with Crippen molar-refractivity contribution in [2.75, 3.05) is 32.8 Å². The number of hydrogen-bond acceptors (Lipinski definition) is 4. The molecule has 6 heteroatoms. The zero-order valence-electron chi connectivity index (χ0n) is 12.7. The van der Waals surface area contributed by atoms with Gasteiger partial charge in [0.1, 0.15) is 0 Å². The molecule has 0 radical (unpaired) electrons. The molecule has 21 heavy (non-hydrogen) atoms. The molecule has 2 unspecified atom stereocenters. The minimum absolute atomic E-state index is 0.0748. The molecule has 0 aromatic carbocycles. The van der Waals surface area contributed by atoms with Crippen LogP contribution >= 0.6 is 0 Å². The van der Waals surface area contributed by atoms with E-state index in [4.69, 9.17) is 9.84 Å². The van der Waals surface area contributed by atoms with Crippen molar-refractivity contribution < 1.29 is 19.4 Å². The number of piperidine rings is 1. The number of hydrogen-bond donors (Lipinski definition) is 2. The summed E-state index contributed by atoms with van der Waals surface area (Å²) in [4.78, 5) is 24.7. The Morgan fingerprint density at radius 3 is 2.62 bits per heavy atom. The van der Waals surface area contributed by atoms with Crippen molar-refractivity contribution in [2.45, 2.75) is 38.7 Å². The molecule has 2 N–H and O–H groups in total. The first kappa shape index (κ1) is 16.2. The van der Waals surface area contributed by atoms with E-state index in [0.717, 1.165) is 26.0 Å². The van der Waals surface area contributed by atoms with E-state index >= 15 is 0 Å². The number of nitrogens with one attached hydrogen (secondary N) is 1. The Kier molecular flexibility index (Phi) is 5.99. The second-order valence-electron chi connectivity index (χ2n) is 5.99. The molecule has 2 heterocycles. The van der Waals surface area contributed by atoms with Crippen LogP contribution in [0.2, 0.25) is 0 Å². The monoisotopic (exact) mass is 298 g/mol. The van der Waals surface area contributed by atoms with Crippen LogP contribution in [0.1, 0.15) is 32.6 Å². The van der Waals surface area contributed by atoms with Gasteiger partial charge in [-0.25, -0.2) is 0 Å². The molecular formula is C15H26N2O4. The molecule has 1 amide bonds. The minimum Gasteiger partial charge on any atom is -0.481 e. The minimum atomic E-state index is -0.743. The van der Waals surface area contributed by atoms with Gasteiger partial charge in [-0.1, -0.05) is 6.92 Å². The lowest BCUT2D eigenvalue weighted by atomic mass is 9.97. The SMILES string of the molecule is CCC1OCCC1CNCC(=O)N1CCC(C(=O)O)CC1. The Balaban J connectivity index is 1.65. The normalized spacial score (nSPS) is 27.0. The lowest BCUT2D eigenvalue weighted by Crippen LogP contribution is -2.45. The molecule has 120 valence electrons. The van der Waals surface area contributed by atoms with Crippen LogP contribution < -0.4 is 5.32 Å². The van der Waals surface area contributed by atoms with E-state index in [9.17, 15) is 9.59 Å².